The first-order chi connectivity index (χ1) is 10.5. The highest BCUT2D eigenvalue weighted by atomic mass is 16.7. The Hall–Kier alpha value is -2.69. The first-order valence-electron chi connectivity index (χ1n) is 7.04. The Labute approximate surface area is 129 Å². The molecular weight excluding hydrogens is 280 g/mol. The lowest BCUT2D eigenvalue weighted by molar-refractivity contribution is -0.120. The molecule has 0 fully saturated rings. The lowest BCUT2D eigenvalue weighted by atomic mass is 9.83. The molecule has 0 saturated carbocycles. The van der Waals surface area contributed by atoms with Gasteiger partial charge < -0.3 is 20.5 Å². The summed E-state index contributed by atoms with van der Waals surface area (Å²) in [5.41, 5.74) is 7.28. The van der Waals surface area contributed by atoms with Crippen LogP contribution in [0.1, 0.15) is 19.4 Å². The van der Waals surface area contributed by atoms with Crippen molar-refractivity contribution in [3.63, 3.8) is 0 Å². The number of anilines is 2. The van der Waals surface area contributed by atoms with Gasteiger partial charge in [-0.1, -0.05) is 12.1 Å². The minimum absolute atomic E-state index is 0.101. The number of amides is 1. The van der Waals surface area contributed by atoms with Crippen LogP contribution in [0.4, 0.5) is 11.4 Å². The van der Waals surface area contributed by atoms with E-state index in [1.807, 2.05) is 26.0 Å². The maximum Gasteiger partial charge on any atom is 0.234 e. The van der Waals surface area contributed by atoms with Crippen LogP contribution in [0.2, 0.25) is 0 Å². The van der Waals surface area contributed by atoms with Crippen molar-refractivity contribution in [3.05, 3.63) is 48.0 Å². The number of benzene rings is 2. The lowest BCUT2D eigenvalue weighted by Crippen LogP contribution is -2.34. The molecule has 2 aromatic carbocycles. The maximum atomic E-state index is 12.6. The number of nitrogens with one attached hydrogen (secondary N) is 1. The third-order valence-electron chi connectivity index (χ3n) is 3.83. The zero-order valence-electron chi connectivity index (χ0n) is 12.6. The van der Waals surface area contributed by atoms with Gasteiger partial charge in [0.15, 0.2) is 11.5 Å². The molecule has 3 rings (SSSR count). The Balaban J connectivity index is 1.79. The number of fused-ring (bicyclic) bond motifs is 1. The monoisotopic (exact) mass is 298 g/mol. The van der Waals surface area contributed by atoms with Crippen molar-refractivity contribution in [3.8, 4) is 11.5 Å². The van der Waals surface area contributed by atoms with Crippen LogP contribution < -0.4 is 20.5 Å². The number of hydrogen-bond donors (Lipinski definition) is 2. The Morgan fingerprint density at radius 3 is 2.50 bits per heavy atom. The van der Waals surface area contributed by atoms with E-state index >= 15 is 0 Å². The van der Waals surface area contributed by atoms with Crippen molar-refractivity contribution in [1.82, 2.24) is 0 Å². The Bertz CT molecular complexity index is 708. The minimum Gasteiger partial charge on any atom is -0.454 e. The summed E-state index contributed by atoms with van der Waals surface area (Å²) in [7, 11) is 0. The van der Waals surface area contributed by atoms with Gasteiger partial charge in [-0.15, -0.1) is 0 Å². The van der Waals surface area contributed by atoms with Crippen LogP contribution in [0.5, 0.6) is 11.5 Å². The zero-order valence-corrected chi connectivity index (χ0v) is 12.6. The first-order valence-corrected chi connectivity index (χ1v) is 7.04. The van der Waals surface area contributed by atoms with E-state index in [2.05, 4.69) is 5.32 Å². The molecule has 3 N–H and O–H groups in total. The SMILES string of the molecule is CC(C)(C(=O)Nc1ccc2c(c1)OCO2)c1ccc(N)cc1. The predicted octanol–water partition coefficient (Wildman–Crippen LogP) is 2.91. The molecule has 5 heteroatoms. The van der Waals surface area contributed by atoms with E-state index in [-0.39, 0.29) is 12.7 Å². The molecule has 1 heterocycles. The van der Waals surface area contributed by atoms with Gasteiger partial charge in [0, 0.05) is 17.4 Å². The largest absolute Gasteiger partial charge is 0.454 e. The number of rotatable bonds is 3. The summed E-state index contributed by atoms with van der Waals surface area (Å²) < 4.78 is 10.6. The Morgan fingerprint density at radius 2 is 1.77 bits per heavy atom. The summed E-state index contributed by atoms with van der Waals surface area (Å²) in [6, 6.07) is 12.7. The molecule has 0 atom stereocenters. The molecule has 0 aromatic heterocycles. The number of nitrogen functional groups attached to an aromatic ring is 1. The highest BCUT2D eigenvalue weighted by Crippen LogP contribution is 2.35. The van der Waals surface area contributed by atoms with Gasteiger partial charge in [-0.25, -0.2) is 0 Å². The second kappa shape index (κ2) is 5.26. The summed E-state index contributed by atoms with van der Waals surface area (Å²) in [6.07, 6.45) is 0. The average molecular weight is 298 g/mol. The molecule has 2 aromatic rings. The third-order valence-corrected chi connectivity index (χ3v) is 3.83. The van der Waals surface area contributed by atoms with E-state index in [9.17, 15) is 4.79 Å². The van der Waals surface area contributed by atoms with E-state index < -0.39 is 5.41 Å². The van der Waals surface area contributed by atoms with Gasteiger partial charge >= 0.3 is 0 Å². The maximum absolute atomic E-state index is 12.6. The molecule has 0 spiro atoms. The topological polar surface area (TPSA) is 73.6 Å². The molecule has 0 saturated heterocycles. The quantitative estimate of drug-likeness (QED) is 0.854. The minimum atomic E-state index is -0.677. The molecule has 22 heavy (non-hydrogen) atoms. The van der Waals surface area contributed by atoms with Crippen molar-refractivity contribution in [2.45, 2.75) is 19.3 Å². The van der Waals surface area contributed by atoms with Crippen molar-refractivity contribution in [2.75, 3.05) is 17.8 Å². The van der Waals surface area contributed by atoms with E-state index in [0.29, 0.717) is 22.9 Å². The molecule has 0 unspecified atom stereocenters. The smallest absolute Gasteiger partial charge is 0.234 e. The van der Waals surface area contributed by atoms with Crippen LogP contribution >= 0.6 is 0 Å². The van der Waals surface area contributed by atoms with Gasteiger partial charge in [-0.3, -0.25) is 4.79 Å². The van der Waals surface area contributed by atoms with E-state index in [0.717, 1.165) is 5.56 Å². The lowest BCUT2D eigenvalue weighted by Gasteiger charge is -2.24. The zero-order chi connectivity index (χ0) is 15.7. The average Bonchev–Trinajstić information content (AvgIpc) is 2.95. The van der Waals surface area contributed by atoms with E-state index in [1.165, 1.54) is 0 Å². The fourth-order valence-electron chi connectivity index (χ4n) is 2.29. The molecule has 0 aliphatic carbocycles. The normalized spacial score (nSPS) is 13.0. The van der Waals surface area contributed by atoms with Crippen LogP contribution in [0.3, 0.4) is 0 Å². The third kappa shape index (κ3) is 2.57. The van der Waals surface area contributed by atoms with Crippen LogP contribution in [0.15, 0.2) is 42.5 Å². The van der Waals surface area contributed by atoms with Crippen LogP contribution in [-0.4, -0.2) is 12.7 Å². The predicted molar refractivity (Wildman–Crippen MR) is 85.1 cm³/mol. The van der Waals surface area contributed by atoms with Gasteiger partial charge in [0.2, 0.25) is 12.7 Å². The number of carbonyl (C=O) groups excluding carboxylic acids is 1. The molecule has 1 aliphatic heterocycles. The Morgan fingerprint density at radius 1 is 1.09 bits per heavy atom. The summed E-state index contributed by atoms with van der Waals surface area (Å²) in [6.45, 7) is 3.96. The summed E-state index contributed by atoms with van der Waals surface area (Å²) in [4.78, 5) is 12.6. The fourth-order valence-corrected chi connectivity index (χ4v) is 2.29. The second-order valence-corrected chi connectivity index (χ2v) is 5.77. The van der Waals surface area contributed by atoms with Gasteiger partial charge in [0.25, 0.3) is 0 Å². The van der Waals surface area contributed by atoms with Crippen LogP contribution in [-0.2, 0) is 10.2 Å². The number of hydrogen-bond acceptors (Lipinski definition) is 4. The molecule has 0 bridgehead atoms. The molecule has 1 aliphatic rings. The molecule has 5 nitrogen and oxygen atoms in total. The highest BCUT2D eigenvalue weighted by Gasteiger charge is 2.30. The van der Waals surface area contributed by atoms with Gasteiger partial charge in [0.05, 0.1) is 5.41 Å². The van der Waals surface area contributed by atoms with Crippen molar-refractivity contribution < 1.29 is 14.3 Å². The number of carbonyl (C=O) groups is 1. The van der Waals surface area contributed by atoms with Crippen LogP contribution in [0.25, 0.3) is 0 Å². The van der Waals surface area contributed by atoms with Gasteiger partial charge in [-0.2, -0.15) is 0 Å². The molecular formula is C17H18N2O3. The molecule has 0 radical (unpaired) electrons. The molecule has 1 amide bonds. The fraction of sp³-hybridized carbons (Fsp3) is 0.235. The van der Waals surface area contributed by atoms with E-state index in [4.69, 9.17) is 15.2 Å². The first kappa shape index (κ1) is 14.3. The summed E-state index contributed by atoms with van der Waals surface area (Å²) in [5.74, 6) is 1.23. The van der Waals surface area contributed by atoms with Crippen molar-refractivity contribution >= 4 is 17.3 Å². The summed E-state index contributed by atoms with van der Waals surface area (Å²) in [5, 5.41) is 2.92. The molecule has 114 valence electrons. The number of nitrogens with two attached hydrogens (primary N) is 1. The highest BCUT2D eigenvalue weighted by molar-refractivity contribution is 5.98. The standard InChI is InChI=1S/C17H18N2O3/c1-17(2,11-3-5-12(18)6-4-11)16(20)19-13-7-8-14-15(9-13)22-10-21-14/h3-9H,10,18H2,1-2H3,(H,19,20). The van der Waals surface area contributed by atoms with E-state index in [1.54, 1.807) is 30.3 Å². The van der Waals surface area contributed by atoms with Crippen LogP contribution in [0, 0.1) is 0 Å². The second-order valence-electron chi connectivity index (χ2n) is 5.77. The Kier molecular flexibility index (Phi) is 3.41. The van der Waals surface area contributed by atoms with Crippen molar-refractivity contribution in [2.24, 2.45) is 0 Å². The number of ether oxygens (including phenoxy) is 2. The van der Waals surface area contributed by atoms with Gasteiger partial charge in [0.1, 0.15) is 0 Å². The summed E-state index contributed by atoms with van der Waals surface area (Å²) >= 11 is 0. The van der Waals surface area contributed by atoms with Gasteiger partial charge in [-0.05, 0) is 43.7 Å². The van der Waals surface area contributed by atoms with Crippen molar-refractivity contribution in [1.29, 1.82) is 0 Å².